The second-order valence-corrected chi connectivity index (χ2v) is 5.97. The monoisotopic (exact) mass is 297 g/mol. The van der Waals surface area contributed by atoms with E-state index in [0.29, 0.717) is 25.9 Å². The van der Waals surface area contributed by atoms with Crippen LogP contribution >= 0.6 is 0 Å². The fourth-order valence-corrected chi connectivity index (χ4v) is 2.94. The quantitative estimate of drug-likeness (QED) is 0.732. The van der Waals surface area contributed by atoms with Crippen molar-refractivity contribution in [1.29, 1.82) is 0 Å². The van der Waals surface area contributed by atoms with Gasteiger partial charge in [0.15, 0.2) is 0 Å². The number of likely N-dealkylation sites (N-methyl/N-ethyl adjacent to an activating group) is 1. The summed E-state index contributed by atoms with van der Waals surface area (Å²) in [6, 6.07) is -0.444. The van der Waals surface area contributed by atoms with Crippen LogP contribution in [0.25, 0.3) is 0 Å². The maximum absolute atomic E-state index is 12.3. The van der Waals surface area contributed by atoms with Crippen LogP contribution in [0, 0.1) is 0 Å². The molecule has 3 amide bonds. The molecule has 1 aliphatic heterocycles. The van der Waals surface area contributed by atoms with Crippen LogP contribution in [0.2, 0.25) is 0 Å². The van der Waals surface area contributed by atoms with Crippen LogP contribution < -0.4 is 5.32 Å². The number of carboxylic acids is 1. The summed E-state index contributed by atoms with van der Waals surface area (Å²) in [5.41, 5.74) is -1.18. The third-order valence-electron chi connectivity index (χ3n) is 4.46. The molecule has 1 saturated carbocycles. The standard InChI is InChI=1S/C14H23N3O4/c1-16-8-9-17(10-11(16)18)13(21)15-14(12(19)20)6-4-2-3-5-7-14/h2-10H2,1H3,(H,15,21)(H,19,20). The van der Waals surface area contributed by atoms with Gasteiger partial charge in [-0.1, -0.05) is 25.7 Å². The van der Waals surface area contributed by atoms with Gasteiger partial charge in [0.25, 0.3) is 0 Å². The zero-order chi connectivity index (χ0) is 15.5. The fraction of sp³-hybridized carbons (Fsp3) is 0.786. The smallest absolute Gasteiger partial charge is 0.329 e. The van der Waals surface area contributed by atoms with Gasteiger partial charge in [0, 0.05) is 20.1 Å². The maximum Gasteiger partial charge on any atom is 0.329 e. The summed E-state index contributed by atoms with van der Waals surface area (Å²) in [6.07, 6.45) is 4.50. The van der Waals surface area contributed by atoms with Gasteiger partial charge >= 0.3 is 12.0 Å². The number of aliphatic carboxylic acids is 1. The molecule has 1 saturated heterocycles. The predicted octanol–water partition coefficient (Wildman–Crippen LogP) is 0.648. The van der Waals surface area contributed by atoms with Gasteiger partial charge in [-0.05, 0) is 12.8 Å². The second-order valence-electron chi connectivity index (χ2n) is 5.97. The number of rotatable bonds is 2. The molecule has 21 heavy (non-hydrogen) atoms. The molecule has 0 aromatic carbocycles. The topological polar surface area (TPSA) is 89.9 Å². The van der Waals surface area contributed by atoms with Crippen LogP contribution in [-0.2, 0) is 9.59 Å². The van der Waals surface area contributed by atoms with E-state index in [4.69, 9.17) is 0 Å². The summed E-state index contributed by atoms with van der Waals surface area (Å²) >= 11 is 0. The Kier molecular flexibility index (Phi) is 4.69. The summed E-state index contributed by atoms with van der Waals surface area (Å²) < 4.78 is 0. The summed E-state index contributed by atoms with van der Waals surface area (Å²) in [4.78, 5) is 38.6. The van der Waals surface area contributed by atoms with Crippen molar-refractivity contribution in [1.82, 2.24) is 15.1 Å². The minimum atomic E-state index is -1.18. The average molecular weight is 297 g/mol. The lowest BCUT2D eigenvalue weighted by Crippen LogP contribution is -2.61. The third-order valence-corrected chi connectivity index (χ3v) is 4.46. The minimum Gasteiger partial charge on any atom is -0.480 e. The van der Waals surface area contributed by atoms with Gasteiger partial charge in [-0.15, -0.1) is 0 Å². The van der Waals surface area contributed by atoms with E-state index in [0.717, 1.165) is 25.7 Å². The molecule has 1 heterocycles. The first kappa shape index (κ1) is 15.6. The predicted molar refractivity (Wildman–Crippen MR) is 75.8 cm³/mol. The van der Waals surface area contributed by atoms with Crippen LogP contribution in [-0.4, -0.2) is 65.0 Å². The van der Waals surface area contributed by atoms with Gasteiger partial charge in [-0.25, -0.2) is 9.59 Å². The normalized spacial score (nSPS) is 22.6. The number of nitrogens with one attached hydrogen (secondary N) is 1. The van der Waals surface area contributed by atoms with Crippen LogP contribution in [0.1, 0.15) is 38.5 Å². The van der Waals surface area contributed by atoms with E-state index in [1.54, 1.807) is 11.9 Å². The van der Waals surface area contributed by atoms with Crippen molar-refractivity contribution >= 4 is 17.9 Å². The highest BCUT2D eigenvalue weighted by Crippen LogP contribution is 2.27. The van der Waals surface area contributed by atoms with Gasteiger partial charge < -0.3 is 20.2 Å². The summed E-state index contributed by atoms with van der Waals surface area (Å²) in [5, 5.41) is 12.2. The molecular formula is C14H23N3O4. The highest BCUT2D eigenvalue weighted by molar-refractivity contribution is 5.89. The van der Waals surface area contributed by atoms with E-state index < -0.39 is 17.5 Å². The number of nitrogens with zero attached hydrogens (tertiary/aromatic N) is 2. The first-order valence-corrected chi connectivity index (χ1v) is 7.49. The lowest BCUT2D eigenvalue weighted by Gasteiger charge is -2.36. The number of hydrogen-bond donors (Lipinski definition) is 2. The van der Waals surface area contributed by atoms with Gasteiger partial charge in [0.05, 0.1) is 0 Å². The molecule has 0 atom stereocenters. The number of urea groups is 1. The van der Waals surface area contributed by atoms with E-state index in [1.165, 1.54) is 4.90 Å². The van der Waals surface area contributed by atoms with Crippen molar-refractivity contribution in [2.45, 2.75) is 44.1 Å². The molecule has 2 N–H and O–H groups in total. The number of piperazine rings is 1. The molecule has 1 aliphatic carbocycles. The Hall–Kier alpha value is -1.79. The fourth-order valence-electron chi connectivity index (χ4n) is 2.94. The molecule has 0 unspecified atom stereocenters. The molecular weight excluding hydrogens is 274 g/mol. The Morgan fingerprint density at radius 1 is 1.14 bits per heavy atom. The van der Waals surface area contributed by atoms with E-state index >= 15 is 0 Å². The van der Waals surface area contributed by atoms with E-state index in [-0.39, 0.29) is 12.5 Å². The number of carbonyl (C=O) groups excluding carboxylic acids is 2. The summed E-state index contributed by atoms with van der Waals surface area (Å²) in [7, 11) is 1.70. The summed E-state index contributed by atoms with van der Waals surface area (Å²) in [6.45, 7) is 0.925. The Morgan fingerprint density at radius 3 is 2.29 bits per heavy atom. The minimum absolute atomic E-state index is 0.0119. The molecule has 2 rings (SSSR count). The SMILES string of the molecule is CN1CCN(C(=O)NC2(C(=O)O)CCCCCC2)CC1=O. The molecule has 0 radical (unpaired) electrons. The number of hydrogen-bond acceptors (Lipinski definition) is 3. The molecule has 0 spiro atoms. The molecule has 118 valence electrons. The lowest BCUT2D eigenvalue weighted by molar-refractivity contribution is -0.145. The molecule has 7 heteroatoms. The Balaban J connectivity index is 2.04. The molecule has 0 aromatic heterocycles. The van der Waals surface area contributed by atoms with Crippen molar-refractivity contribution in [3.05, 3.63) is 0 Å². The van der Waals surface area contributed by atoms with Crippen LogP contribution in [0.15, 0.2) is 0 Å². The second kappa shape index (κ2) is 6.32. The Labute approximate surface area is 124 Å². The third kappa shape index (κ3) is 3.46. The molecule has 0 aromatic rings. The molecule has 2 aliphatic rings. The molecule has 2 fully saturated rings. The highest BCUT2D eigenvalue weighted by atomic mass is 16.4. The van der Waals surface area contributed by atoms with Gasteiger partial charge in [-0.3, -0.25) is 4.79 Å². The van der Waals surface area contributed by atoms with Crippen molar-refractivity contribution in [2.24, 2.45) is 0 Å². The number of carbonyl (C=O) groups is 3. The maximum atomic E-state index is 12.3. The van der Waals surface area contributed by atoms with Gasteiger partial charge in [-0.2, -0.15) is 0 Å². The van der Waals surface area contributed by atoms with Gasteiger partial charge in [0.1, 0.15) is 12.1 Å². The van der Waals surface area contributed by atoms with Crippen LogP contribution in [0.4, 0.5) is 4.79 Å². The first-order chi connectivity index (χ1) is 9.94. The first-order valence-electron chi connectivity index (χ1n) is 7.49. The van der Waals surface area contributed by atoms with Crippen molar-refractivity contribution in [3.8, 4) is 0 Å². The molecule has 0 bridgehead atoms. The van der Waals surface area contributed by atoms with Crippen molar-refractivity contribution < 1.29 is 19.5 Å². The zero-order valence-electron chi connectivity index (χ0n) is 12.4. The summed E-state index contributed by atoms with van der Waals surface area (Å²) in [5.74, 6) is -1.10. The lowest BCUT2D eigenvalue weighted by atomic mass is 9.90. The largest absolute Gasteiger partial charge is 0.480 e. The Morgan fingerprint density at radius 2 is 1.76 bits per heavy atom. The van der Waals surface area contributed by atoms with E-state index in [9.17, 15) is 19.5 Å². The molecule has 7 nitrogen and oxygen atoms in total. The van der Waals surface area contributed by atoms with E-state index in [1.807, 2.05) is 0 Å². The number of amides is 3. The van der Waals surface area contributed by atoms with Crippen molar-refractivity contribution in [2.75, 3.05) is 26.7 Å². The van der Waals surface area contributed by atoms with Gasteiger partial charge in [0.2, 0.25) is 5.91 Å². The van der Waals surface area contributed by atoms with Crippen LogP contribution in [0.3, 0.4) is 0 Å². The van der Waals surface area contributed by atoms with Crippen molar-refractivity contribution in [3.63, 3.8) is 0 Å². The van der Waals surface area contributed by atoms with E-state index in [2.05, 4.69) is 5.32 Å². The average Bonchev–Trinajstić information content (AvgIpc) is 2.68. The van der Waals surface area contributed by atoms with Crippen LogP contribution in [0.5, 0.6) is 0 Å². The number of carboxylic acid groups (broad SMARTS) is 1. The Bertz CT molecular complexity index is 430. The zero-order valence-corrected chi connectivity index (χ0v) is 12.4. The highest BCUT2D eigenvalue weighted by Gasteiger charge is 2.41.